The number of hydrogen-bond acceptors (Lipinski definition) is 4. The van der Waals surface area contributed by atoms with Crippen LogP contribution in [0.15, 0.2) is 23.7 Å². The Kier molecular flexibility index (Phi) is 3.49. The number of carbonyl (C=O) groups excluding carboxylic acids is 1. The Morgan fingerprint density at radius 3 is 2.82 bits per heavy atom. The molecule has 0 unspecified atom stereocenters. The van der Waals surface area contributed by atoms with E-state index in [-0.39, 0.29) is 5.91 Å². The third-order valence-corrected chi connectivity index (χ3v) is 3.12. The number of aryl methyl sites for hydroxylation is 2. The Bertz CT molecular complexity index is 519. The maximum Gasteiger partial charge on any atom is 0.232 e. The highest BCUT2D eigenvalue weighted by atomic mass is 32.1. The third kappa shape index (κ3) is 3.35. The minimum absolute atomic E-state index is 0.0873. The Morgan fingerprint density at radius 2 is 2.24 bits per heavy atom. The van der Waals surface area contributed by atoms with E-state index in [2.05, 4.69) is 15.3 Å². The molecule has 0 radical (unpaired) electrons. The van der Waals surface area contributed by atoms with Crippen LogP contribution < -0.4 is 5.32 Å². The van der Waals surface area contributed by atoms with Crippen molar-refractivity contribution in [2.24, 2.45) is 0 Å². The second-order valence-electron chi connectivity index (χ2n) is 3.83. The van der Waals surface area contributed by atoms with Crippen LogP contribution in [0.4, 0.5) is 5.82 Å². The highest BCUT2D eigenvalue weighted by Gasteiger charge is 2.07. The van der Waals surface area contributed by atoms with Gasteiger partial charge in [-0.25, -0.2) is 9.97 Å². The number of nitrogens with zero attached hydrogens (tertiary/aromatic N) is 2. The van der Waals surface area contributed by atoms with Gasteiger partial charge in [-0.1, -0.05) is 6.07 Å². The van der Waals surface area contributed by atoms with Crippen molar-refractivity contribution >= 4 is 23.1 Å². The van der Waals surface area contributed by atoms with E-state index in [0.717, 1.165) is 16.3 Å². The summed E-state index contributed by atoms with van der Waals surface area (Å²) in [5.74, 6) is 0.490. The van der Waals surface area contributed by atoms with E-state index in [9.17, 15) is 4.79 Å². The van der Waals surface area contributed by atoms with Crippen molar-refractivity contribution in [3.63, 3.8) is 0 Å². The summed E-state index contributed by atoms with van der Waals surface area (Å²) in [5, 5.41) is 5.51. The molecule has 0 fully saturated rings. The smallest absolute Gasteiger partial charge is 0.232 e. The number of amides is 1. The minimum Gasteiger partial charge on any atom is -0.310 e. The molecule has 17 heavy (non-hydrogen) atoms. The van der Waals surface area contributed by atoms with Crippen molar-refractivity contribution in [1.29, 1.82) is 0 Å². The Morgan fingerprint density at radius 1 is 1.41 bits per heavy atom. The number of aromatic nitrogens is 2. The van der Waals surface area contributed by atoms with Gasteiger partial charge in [-0.15, -0.1) is 11.3 Å². The molecular weight excluding hydrogens is 234 g/mol. The molecule has 2 rings (SSSR count). The van der Waals surface area contributed by atoms with Crippen LogP contribution in [0.25, 0.3) is 0 Å². The van der Waals surface area contributed by atoms with Gasteiger partial charge in [0.2, 0.25) is 5.91 Å². The molecule has 0 aromatic carbocycles. The van der Waals surface area contributed by atoms with Gasteiger partial charge in [-0.05, 0) is 25.5 Å². The monoisotopic (exact) mass is 247 g/mol. The fraction of sp³-hybridized carbons (Fsp3) is 0.250. The average molecular weight is 247 g/mol. The minimum atomic E-state index is -0.0873. The number of nitrogens with one attached hydrogen (secondary N) is 1. The van der Waals surface area contributed by atoms with E-state index in [1.807, 2.05) is 25.3 Å². The van der Waals surface area contributed by atoms with Gasteiger partial charge in [-0.3, -0.25) is 4.79 Å². The van der Waals surface area contributed by atoms with E-state index in [4.69, 9.17) is 0 Å². The molecule has 1 amide bonds. The van der Waals surface area contributed by atoms with Crippen LogP contribution >= 0.6 is 11.3 Å². The van der Waals surface area contributed by atoms with Crippen molar-refractivity contribution < 1.29 is 4.79 Å². The maximum absolute atomic E-state index is 11.7. The second-order valence-corrected chi connectivity index (χ2v) is 4.77. The Balaban J connectivity index is 1.95. The number of thiazole rings is 1. The molecule has 5 heteroatoms. The lowest BCUT2D eigenvalue weighted by atomic mass is 10.3. The summed E-state index contributed by atoms with van der Waals surface area (Å²) in [5.41, 5.74) is 2.02. The largest absolute Gasteiger partial charge is 0.310 e. The van der Waals surface area contributed by atoms with Gasteiger partial charge >= 0.3 is 0 Å². The van der Waals surface area contributed by atoms with Gasteiger partial charge < -0.3 is 5.32 Å². The lowest BCUT2D eigenvalue weighted by Crippen LogP contribution is -2.15. The maximum atomic E-state index is 11.7. The highest BCUT2D eigenvalue weighted by Crippen LogP contribution is 2.10. The van der Waals surface area contributed by atoms with E-state index < -0.39 is 0 Å². The van der Waals surface area contributed by atoms with Crippen LogP contribution in [0.5, 0.6) is 0 Å². The van der Waals surface area contributed by atoms with Crippen LogP contribution in [0.3, 0.4) is 0 Å². The number of rotatable bonds is 3. The average Bonchev–Trinajstić information content (AvgIpc) is 2.67. The normalized spacial score (nSPS) is 10.2. The van der Waals surface area contributed by atoms with Crippen molar-refractivity contribution in [3.05, 3.63) is 40.0 Å². The molecule has 88 valence electrons. The zero-order valence-electron chi connectivity index (χ0n) is 9.73. The van der Waals surface area contributed by atoms with Gasteiger partial charge in [0, 0.05) is 17.3 Å². The molecule has 0 saturated carbocycles. The fourth-order valence-electron chi connectivity index (χ4n) is 1.35. The zero-order chi connectivity index (χ0) is 12.3. The quantitative estimate of drug-likeness (QED) is 0.905. The van der Waals surface area contributed by atoms with Crippen LogP contribution in [-0.4, -0.2) is 15.9 Å². The summed E-state index contributed by atoms with van der Waals surface area (Å²) in [6.07, 6.45) is 2.03. The van der Waals surface area contributed by atoms with Crippen molar-refractivity contribution in [2.75, 3.05) is 5.32 Å². The molecule has 4 nitrogen and oxygen atoms in total. The molecule has 0 bridgehead atoms. The molecular formula is C12H13N3OS. The summed E-state index contributed by atoms with van der Waals surface area (Å²) >= 11 is 1.50. The number of anilines is 1. The first kappa shape index (κ1) is 11.7. The molecule has 0 aliphatic heterocycles. The first-order valence-electron chi connectivity index (χ1n) is 5.27. The molecule has 0 saturated heterocycles. The molecule has 1 N–H and O–H groups in total. The fourth-order valence-corrected chi connectivity index (χ4v) is 2.12. The van der Waals surface area contributed by atoms with Gasteiger partial charge in [-0.2, -0.15) is 0 Å². The SMILES string of the molecule is Cc1ccc(NC(=O)Cc2nc(C)cs2)nc1. The van der Waals surface area contributed by atoms with Gasteiger partial charge in [0.25, 0.3) is 0 Å². The van der Waals surface area contributed by atoms with Gasteiger partial charge in [0.1, 0.15) is 10.8 Å². The lowest BCUT2D eigenvalue weighted by Gasteiger charge is -2.02. The summed E-state index contributed by atoms with van der Waals surface area (Å²) in [6.45, 7) is 3.87. The summed E-state index contributed by atoms with van der Waals surface area (Å²) in [4.78, 5) is 20.1. The Labute approximate surface area is 104 Å². The topological polar surface area (TPSA) is 54.9 Å². The van der Waals surface area contributed by atoms with Crippen LogP contribution in [0.1, 0.15) is 16.3 Å². The number of pyridine rings is 1. The van der Waals surface area contributed by atoms with E-state index in [1.54, 1.807) is 12.3 Å². The molecule has 2 aromatic rings. The molecule has 2 heterocycles. The standard InChI is InChI=1S/C12H13N3OS/c1-8-3-4-10(13-6-8)15-11(16)5-12-14-9(2)7-17-12/h3-4,6-7H,5H2,1-2H3,(H,13,15,16). The second kappa shape index (κ2) is 5.05. The van der Waals surface area contributed by atoms with Gasteiger partial charge in [0.15, 0.2) is 0 Å². The van der Waals surface area contributed by atoms with Gasteiger partial charge in [0.05, 0.1) is 6.42 Å². The number of carbonyl (C=O) groups is 1. The molecule has 0 aliphatic carbocycles. The molecule has 0 aliphatic rings. The van der Waals surface area contributed by atoms with Crippen LogP contribution in [0.2, 0.25) is 0 Å². The van der Waals surface area contributed by atoms with E-state index >= 15 is 0 Å². The molecule has 0 atom stereocenters. The van der Waals surface area contributed by atoms with Crippen LogP contribution in [0, 0.1) is 13.8 Å². The van der Waals surface area contributed by atoms with Crippen molar-refractivity contribution in [3.8, 4) is 0 Å². The summed E-state index contributed by atoms with van der Waals surface area (Å²) < 4.78 is 0. The van der Waals surface area contributed by atoms with Crippen molar-refractivity contribution in [2.45, 2.75) is 20.3 Å². The summed E-state index contributed by atoms with van der Waals surface area (Å²) in [6, 6.07) is 3.70. The van der Waals surface area contributed by atoms with Crippen molar-refractivity contribution in [1.82, 2.24) is 9.97 Å². The first-order chi connectivity index (χ1) is 8.13. The van der Waals surface area contributed by atoms with E-state index in [1.165, 1.54) is 11.3 Å². The summed E-state index contributed by atoms with van der Waals surface area (Å²) in [7, 11) is 0. The highest BCUT2D eigenvalue weighted by molar-refractivity contribution is 7.09. The van der Waals surface area contributed by atoms with Crippen LogP contribution in [-0.2, 0) is 11.2 Å². The third-order valence-electron chi connectivity index (χ3n) is 2.16. The number of hydrogen-bond donors (Lipinski definition) is 1. The first-order valence-corrected chi connectivity index (χ1v) is 6.15. The van der Waals surface area contributed by atoms with E-state index in [0.29, 0.717) is 12.2 Å². The molecule has 2 aromatic heterocycles. The zero-order valence-corrected chi connectivity index (χ0v) is 10.5. The predicted molar refractivity (Wildman–Crippen MR) is 68.2 cm³/mol. The molecule has 0 spiro atoms. The predicted octanol–water partition coefficient (Wildman–Crippen LogP) is 2.34. The Hall–Kier alpha value is -1.75. The lowest BCUT2D eigenvalue weighted by molar-refractivity contribution is -0.115.